The van der Waals surface area contributed by atoms with E-state index < -0.39 is 5.91 Å². The third-order valence-electron chi connectivity index (χ3n) is 3.99. The van der Waals surface area contributed by atoms with Gasteiger partial charge >= 0.3 is 0 Å². The molecule has 0 fully saturated rings. The number of hydrogen-bond donors (Lipinski definition) is 1. The van der Waals surface area contributed by atoms with Crippen LogP contribution in [-0.4, -0.2) is 25.5 Å². The summed E-state index contributed by atoms with van der Waals surface area (Å²) in [4.78, 5) is 20.9. The Bertz CT molecular complexity index is 1160. The van der Waals surface area contributed by atoms with Gasteiger partial charge in [-0.05, 0) is 49.4 Å². The maximum absolute atomic E-state index is 13.1. The lowest BCUT2D eigenvalue weighted by Gasteiger charge is -2.04. The number of hydrogen-bond acceptors (Lipinski definition) is 4. The third-order valence-corrected chi connectivity index (χ3v) is 4.29. The number of aryl methyl sites for hydroxylation is 1. The van der Waals surface area contributed by atoms with Gasteiger partial charge in [0.1, 0.15) is 5.82 Å². The molecule has 1 N–H and O–H groups in total. The van der Waals surface area contributed by atoms with Crippen molar-refractivity contribution >= 4 is 28.8 Å². The van der Waals surface area contributed by atoms with E-state index in [2.05, 4.69) is 20.4 Å². The van der Waals surface area contributed by atoms with Crippen molar-refractivity contribution in [3.05, 3.63) is 77.1 Å². The molecule has 4 rings (SSSR count). The first-order chi connectivity index (χ1) is 13.0. The van der Waals surface area contributed by atoms with E-state index in [4.69, 9.17) is 11.6 Å². The summed E-state index contributed by atoms with van der Waals surface area (Å²) in [7, 11) is 0. The topological polar surface area (TPSA) is 72.2 Å². The second-order valence-corrected chi connectivity index (χ2v) is 6.24. The van der Waals surface area contributed by atoms with Crippen LogP contribution in [0.2, 0.25) is 5.15 Å². The van der Waals surface area contributed by atoms with Crippen molar-refractivity contribution in [2.45, 2.75) is 6.92 Å². The second-order valence-electron chi connectivity index (χ2n) is 5.89. The highest BCUT2D eigenvalue weighted by Crippen LogP contribution is 2.22. The molecule has 0 aliphatic heterocycles. The van der Waals surface area contributed by atoms with Gasteiger partial charge in [-0.25, -0.2) is 18.9 Å². The number of aromatic nitrogens is 4. The molecule has 0 aliphatic rings. The Hall–Kier alpha value is -3.32. The third kappa shape index (κ3) is 3.37. The van der Waals surface area contributed by atoms with E-state index in [0.29, 0.717) is 17.0 Å². The number of fused-ring (bicyclic) bond motifs is 1. The van der Waals surface area contributed by atoms with E-state index in [1.165, 1.54) is 18.3 Å². The Morgan fingerprint density at radius 2 is 1.96 bits per heavy atom. The normalized spacial score (nSPS) is 10.9. The summed E-state index contributed by atoms with van der Waals surface area (Å²) >= 11 is 5.97. The van der Waals surface area contributed by atoms with E-state index in [9.17, 15) is 9.18 Å². The zero-order valence-corrected chi connectivity index (χ0v) is 14.9. The van der Waals surface area contributed by atoms with Crippen LogP contribution in [-0.2, 0) is 0 Å². The predicted octanol–water partition coefficient (Wildman–Crippen LogP) is 4.14. The number of rotatable bonds is 3. The number of nitrogens with zero attached hydrogens (tertiary/aromatic N) is 4. The Morgan fingerprint density at radius 3 is 2.70 bits per heavy atom. The summed E-state index contributed by atoms with van der Waals surface area (Å²) in [5.74, 6) is -0.730. The molecule has 4 aromatic rings. The molecule has 1 aromatic carbocycles. The fraction of sp³-hybridized carbons (Fsp3) is 0.0526. The van der Waals surface area contributed by atoms with Crippen LogP contribution >= 0.6 is 11.6 Å². The molecule has 0 saturated carbocycles. The zero-order valence-electron chi connectivity index (χ0n) is 14.1. The molecular formula is C19H13ClFN5O. The lowest BCUT2D eigenvalue weighted by molar-refractivity contribution is 0.102. The fourth-order valence-electron chi connectivity index (χ4n) is 2.67. The molecule has 0 saturated heterocycles. The van der Waals surface area contributed by atoms with E-state index in [1.807, 2.05) is 13.0 Å². The molecule has 8 heteroatoms. The maximum Gasteiger partial charge on any atom is 0.276 e. The van der Waals surface area contributed by atoms with Gasteiger partial charge in [0.05, 0.1) is 11.4 Å². The Morgan fingerprint density at radius 1 is 1.19 bits per heavy atom. The number of amides is 1. The zero-order chi connectivity index (χ0) is 19.0. The monoisotopic (exact) mass is 381 g/mol. The number of anilines is 1. The molecular weight excluding hydrogens is 369 g/mol. The first-order valence-electron chi connectivity index (χ1n) is 8.06. The quantitative estimate of drug-likeness (QED) is 0.541. The number of carbonyl (C=O) groups excluding carboxylic acids is 1. The lowest BCUT2D eigenvalue weighted by atomic mass is 10.1. The average Bonchev–Trinajstić information content (AvgIpc) is 3.09. The fourth-order valence-corrected chi connectivity index (χ4v) is 2.84. The molecule has 6 nitrogen and oxygen atoms in total. The Labute approximate surface area is 158 Å². The van der Waals surface area contributed by atoms with Crippen molar-refractivity contribution in [2.75, 3.05) is 5.32 Å². The lowest BCUT2D eigenvalue weighted by Crippen LogP contribution is -2.13. The number of benzene rings is 1. The minimum absolute atomic E-state index is 0.196. The molecule has 0 aliphatic carbocycles. The van der Waals surface area contributed by atoms with Crippen LogP contribution in [0, 0.1) is 12.7 Å². The van der Waals surface area contributed by atoms with Gasteiger partial charge in [-0.3, -0.25) is 4.79 Å². The molecule has 0 atom stereocenters. The number of carbonyl (C=O) groups is 1. The van der Waals surface area contributed by atoms with E-state index in [0.717, 1.165) is 11.3 Å². The summed E-state index contributed by atoms with van der Waals surface area (Å²) < 4.78 is 14.7. The van der Waals surface area contributed by atoms with E-state index in [1.54, 1.807) is 34.8 Å². The van der Waals surface area contributed by atoms with Crippen molar-refractivity contribution in [1.82, 2.24) is 19.6 Å². The number of halogens is 2. The van der Waals surface area contributed by atoms with Gasteiger partial charge in [0, 0.05) is 23.5 Å². The molecule has 0 unspecified atom stereocenters. The standard InChI is InChI=1S/C19H13ClFN5O/c1-11-9-15(12-4-6-13(21)7-5-12)23-17-10-16(25-26(11)17)19(27)24-14-3-2-8-22-18(14)20/h2-10H,1H3,(H,24,27). The van der Waals surface area contributed by atoms with Crippen molar-refractivity contribution in [1.29, 1.82) is 0 Å². The molecule has 134 valence electrons. The summed E-state index contributed by atoms with van der Waals surface area (Å²) in [6.45, 7) is 1.86. The highest BCUT2D eigenvalue weighted by molar-refractivity contribution is 6.32. The molecule has 1 amide bonds. The van der Waals surface area contributed by atoms with Crippen LogP contribution in [0.4, 0.5) is 10.1 Å². The number of pyridine rings is 1. The highest BCUT2D eigenvalue weighted by Gasteiger charge is 2.15. The molecule has 3 aromatic heterocycles. The largest absolute Gasteiger partial charge is 0.318 e. The van der Waals surface area contributed by atoms with Gasteiger partial charge in [0.2, 0.25) is 0 Å². The van der Waals surface area contributed by atoms with Crippen LogP contribution < -0.4 is 5.32 Å². The first kappa shape index (κ1) is 17.1. The van der Waals surface area contributed by atoms with Crippen LogP contribution in [0.25, 0.3) is 16.9 Å². The van der Waals surface area contributed by atoms with Gasteiger partial charge < -0.3 is 5.32 Å². The van der Waals surface area contributed by atoms with Gasteiger partial charge in [-0.1, -0.05) is 11.6 Å². The summed E-state index contributed by atoms with van der Waals surface area (Å²) in [6, 6.07) is 12.8. The summed E-state index contributed by atoms with van der Waals surface area (Å²) in [6.07, 6.45) is 1.53. The Kier molecular flexibility index (Phi) is 4.29. The second kappa shape index (κ2) is 6.77. The number of nitrogens with one attached hydrogen (secondary N) is 1. The molecule has 3 heterocycles. The SMILES string of the molecule is Cc1cc(-c2ccc(F)cc2)nc2cc(C(=O)Nc3cccnc3Cl)nn12. The van der Waals surface area contributed by atoms with E-state index in [-0.39, 0.29) is 16.7 Å². The highest BCUT2D eigenvalue weighted by atomic mass is 35.5. The van der Waals surface area contributed by atoms with Gasteiger partial charge in [0.25, 0.3) is 5.91 Å². The van der Waals surface area contributed by atoms with Crippen LogP contribution in [0.5, 0.6) is 0 Å². The van der Waals surface area contributed by atoms with Crippen LogP contribution in [0.1, 0.15) is 16.2 Å². The minimum Gasteiger partial charge on any atom is -0.318 e. The Balaban J connectivity index is 1.69. The van der Waals surface area contributed by atoms with E-state index >= 15 is 0 Å². The van der Waals surface area contributed by atoms with Crippen molar-refractivity contribution in [2.24, 2.45) is 0 Å². The van der Waals surface area contributed by atoms with Crippen molar-refractivity contribution in [3.63, 3.8) is 0 Å². The molecule has 0 radical (unpaired) electrons. The minimum atomic E-state index is -0.418. The maximum atomic E-state index is 13.1. The van der Waals surface area contributed by atoms with Crippen LogP contribution in [0.15, 0.2) is 54.7 Å². The van der Waals surface area contributed by atoms with Crippen LogP contribution in [0.3, 0.4) is 0 Å². The smallest absolute Gasteiger partial charge is 0.276 e. The first-order valence-corrected chi connectivity index (χ1v) is 8.44. The predicted molar refractivity (Wildman–Crippen MR) is 100 cm³/mol. The average molecular weight is 382 g/mol. The van der Waals surface area contributed by atoms with Crippen molar-refractivity contribution < 1.29 is 9.18 Å². The summed E-state index contributed by atoms with van der Waals surface area (Å²) in [5, 5.41) is 7.18. The molecule has 27 heavy (non-hydrogen) atoms. The molecule has 0 bridgehead atoms. The molecule has 0 spiro atoms. The summed E-state index contributed by atoms with van der Waals surface area (Å²) in [5.41, 5.74) is 3.34. The van der Waals surface area contributed by atoms with Gasteiger partial charge in [-0.2, -0.15) is 5.10 Å². The van der Waals surface area contributed by atoms with Gasteiger partial charge in [-0.15, -0.1) is 0 Å². The van der Waals surface area contributed by atoms with Crippen molar-refractivity contribution in [3.8, 4) is 11.3 Å². The van der Waals surface area contributed by atoms with Gasteiger partial charge in [0.15, 0.2) is 16.5 Å².